The van der Waals surface area contributed by atoms with E-state index in [1.54, 1.807) is 12.1 Å². The van der Waals surface area contributed by atoms with Crippen LogP contribution in [0.2, 0.25) is 0 Å². The van der Waals surface area contributed by atoms with Crippen molar-refractivity contribution < 1.29 is 13.2 Å². The molecule has 1 heterocycles. The maximum atomic E-state index is 12.1. The predicted molar refractivity (Wildman–Crippen MR) is 80.8 cm³/mol. The van der Waals surface area contributed by atoms with Crippen molar-refractivity contribution >= 4 is 15.7 Å². The molecular weight excluding hydrogens is 290 g/mol. The number of nitrogens with two attached hydrogens (primary N) is 1. The van der Waals surface area contributed by atoms with E-state index < -0.39 is 10.0 Å². The van der Waals surface area contributed by atoms with Gasteiger partial charge in [-0.1, -0.05) is 0 Å². The molecular formula is C14H21N3O3S. The van der Waals surface area contributed by atoms with Gasteiger partial charge in [0, 0.05) is 24.8 Å². The van der Waals surface area contributed by atoms with Gasteiger partial charge < -0.3 is 15.4 Å². The summed E-state index contributed by atoms with van der Waals surface area (Å²) in [6.45, 7) is 2.57. The molecule has 0 amide bonds. The van der Waals surface area contributed by atoms with Crippen molar-refractivity contribution in [3.05, 3.63) is 24.3 Å². The number of hydrogen-bond donors (Lipinski definition) is 2. The largest absolute Gasteiger partial charge is 0.377 e. The number of nitrogens with zero attached hydrogens (tertiary/aromatic N) is 1. The highest BCUT2D eigenvalue weighted by Gasteiger charge is 2.28. The Morgan fingerprint density at radius 1 is 1.29 bits per heavy atom. The number of hydrogen-bond acceptors (Lipinski definition) is 5. The summed E-state index contributed by atoms with van der Waals surface area (Å²) >= 11 is 0. The number of morpholine rings is 1. The van der Waals surface area contributed by atoms with E-state index in [9.17, 15) is 8.42 Å². The van der Waals surface area contributed by atoms with E-state index in [1.165, 1.54) is 0 Å². The third-order valence-corrected chi connectivity index (χ3v) is 5.41. The number of ether oxygens (including phenoxy) is 1. The van der Waals surface area contributed by atoms with Gasteiger partial charge in [0.25, 0.3) is 0 Å². The van der Waals surface area contributed by atoms with E-state index in [4.69, 9.17) is 10.5 Å². The van der Waals surface area contributed by atoms with Gasteiger partial charge >= 0.3 is 0 Å². The molecule has 116 valence electrons. The summed E-state index contributed by atoms with van der Waals surface area (Å²) in [5.41, 5.74) is 6.75. The second-order valence-corrected chi connectivity index (χ2v) is 7.26. The molecule has 0 aromatic heterocycles. The molecule has 2 aliphatic rings. The summed E-state index contributed by atoms with van der Waals surface area (Å²) in [6.07, 6.45) is 1.87. The van der Waals surface area contributed by atoms with Crippen LogP contribution in [0.25, 0.3) is 0 Å². The lowest BCUT2D eigenvalue weighted by atomic mass is 10.2. The highest BCUT2D eigenvalue weighted by atomic mass is 32.2. The van der Waals surface area contributed by atoms with Crippen LogP contribution >= 0.6 is 0 Å². The molecule has 1 unspecified atom stereocenters. The lowest BCUT2D eigenvalue weighted by Gasteiger charge is -2.36. The molecule has 0 spiro atoms. The first-order valence-corrected chi connectivity index (χ1v) is 8.75. The second-order valence-electron chi connectivity index (χ2n) is 5.55. The minimum absolute atomic E-state index is 0.121. The van der Waals surface area contributed by atoms with Gasteiger partial charge in [0.05, 0.1) is 24.2 Å². The molecule has 0 bridgehead atoms. The first-order chi connectivity index (χ1) is 10.1. The Kier molecular flexibility index (Phi) is 4.17. The zero-order chi connectivity index (χ0) is 14.9. The summed E-state index contributed by atoms with van der Waals surface area (Å²) in [6, 6.07) is 7.26. The van der Waals surface area contributed by atoms with Crippen molar-refractivity contribution in [2.24, 2.45) is 5.73 Å². The summed E-state index contributed by atoms with van der Waals surface area (Å²) in [4.78, 5) is 2.49. The van der Waals surface area contributed by atoms with Crippen LogP contribution in [0, 0.1) is 0 Å². The molecule has 1 aliphatic heterocycles. The molecule has 1 atom stereocenters. The molecule has 3 N–H and O–H groups in total. The Labute approximate surface area is 125 Å². The second kappa shape index (κ2) is 5.92. The van der Waals surface area contributed by atoms with E-state index in [2.05, 4.69) is 9.62 Å². The Morgan fingerprint density at radius 2 is 2.00 bits per heavy atom. The van der Waals surface area contributed by atoms with Crippen LogP contribution in [0.4, 0.5) is 5.69 Å². The topological polar surface area (TPSA) is 84.7 Å². The monoisotopic (exact) mass is 311 g/mol. The minimum Gasteiger partial charge on any atom is -0.377 e. The highest BCUT2D eigenvalue weighted by Crippen LogP contribution is 2.24. The van der Waals surface area contributed by atoms with Crippen molar-refractivity contribution in [2.75, 3.05) is 31.2 Å². The first-order valence-electron chi connectivity index (χ1n) is 7.27. The van der Waals surface area contributed by atoms with Crippen LogP contribution in [0.15, 0.2) is 29.2 Å². The maximum Gasteiger partial charge on any atom is 0.240 e. The summed E-state index contributed by atoms with van der Waals surface area (Å²) in [7, 11) is -3.38. The smallest absolute Gasteiger partial charge is 0.240 e. The summed E-state index contributed by atoms with van der Waals surface area (Å²) in [5, 5.41) is 0. The van der Waals surface area contributed by atoms with Crippen molar-refractivity contribution in [2.45, 2.75) is 29.8 Å². The molecule has 7 heteroatoms. The van der Waals surface area contributed by atoms with E-state index in [-0.39, 0.29) is 12.1 Å². The summed E-state index contributed by atoms with van der Waals surface area (Å²) in [5.74, 6) is 0. The average Bonchev–Trinajstić information content (AvgIpc) is 3.30. The van der Waals surface area contributed by atoms with Crippen molar-refractivity contribution in [1.29, 1.82) is 0 Å². The van der Waals surface area contributed by atoms with E-state index in [0.717, 1.165) is 25.1 Å². The van der Waals surface area contributed by atoms with Crippen LogP contribution in [-0.4, -0.2) is 46.8 Å². The van der Waals surface area contributed by atoms with Gasteiger partial charge in [-0.05, 0) is 37.1 Å². The predicted octanol–water partition coefficient (Wildman–Crippen LogP) is 0.291. The molecule has 1 aromatic carbocycles. The number of nitrogens with one attached hydrogen (secondary N) is 1. The number of rotatable bonds is 5. The van der Waals surface area contributed by atoms with Crippen LogP contribution < -0.4 is 15.4 Å². The Morgan fingerprint density at radius 3 is 2.62 bits per heavy atom. The molecule has 2 fully saturated rings. The lowest BCUT2D eigenvalue weighted by molar-refractivity contribution is 0.0963. The molecule has 1 aliphatic carbocycles. The van der Waals surface area contributed by atoms with E-state index in [0.29, 0.717) is 24.7 Å². The Balaban J connectivity index is 1.76. The standard InChI is InChI=1S/C14H21N3O3S/c15-9-13-10-20-8-7-17(13)12-3-5-14(6-4-12)21(18,19)16-11-1-2-11/h3-6,11,13,16H,1-2,7-10,15H2. The molecule has 21 heavy (non-hydrogen) atoms. The van der Waals surface area contributed by atoms with Gasteiger partial charge in [-0.3, -0.25) is 0 Å². The van der Waals surface area contributed by atoms with Gasteiger partial charge in [-0.15, -0.1) is 0 Å². The van der Waals surface area contributed by atoms with Crippen molar-refractivity contribution in [3.63, 3.8) is 0 Å². The van der Waals surface area contributed by atoms with Crippen LogP contribution in [0.1, 0.15) is 12.8 Å². The fraction of sp³-hybridized carbons (Fsp3) is 0.571. The molecule has 1 saturated carbocycles. The Hall–Kier alpha value is -1.15. The Bertz CT molecular complexity index is 584. The van der Waals surface area contributed by atoms with Crippen LogP contribution in [0.3, 0.4) is 0 Å². The van der Waals surface area contributed by atoms with Crippen molar-refractivity contribution in [3.8, 4) is 0 Å². The van der Waals surface area contributed by atoms with Crippen LogP contribution in [0.5, 0.6) is 0 Å². The minimum atomic E-state index is -3.38. The van der Waals surface area contributed by atoms with Gasteiger partial charge in [-0.25, -0.2) is 13.1 Å². The highest BCUT2D eigenvalue weighted by molar-refractivity contribution is 7.89. The van der Waals surface area contributed by atoms with Crippen LogP contribution in [-0.2, 0) is 14.8 Å². The molecule has 1 saturated heterocycles. The molecule has 3 rings (SSSR count). The normalized spacial score (nSPS) is 23.3. The molecule has 6 nitrogen and oxygen atoms in total. The van der Waals surface area contributed by atoms with Gasteiger partial charge in [0.1, 0.15) is 0 Å². The SMILES string of the molecule is NCC1COCCN1c1ccc(S(=O)(=O)NC2CC2)cc1. The van der Waals surface area contributed by atoms with Gasteiger partial charge in [0.2, 0.25) is 10.0 Å². The third kappa shape index (κ3) is 3.37. The number of anilines is 1. The van der Waals surface area contributed by atoms with Gasteiger partial charge in [-0.2, -0.15) is 0 Å². The molecule has 0 radical (unpaired) electrons. The van der Waals surface area contributed by atoms with E-state index >= 15 is 0 Å². The number of benzene rings is 1. The van der Waals surface area contributed by atoms with E-state index in [1.807, 2.05) is 12.1 Å². The zero-order valence-corrected chi connectivity index (χ0v) is 12.7. The lowest BCUT2D eigenvalue weighted by Crippen LogP contribution is -2.49. The fourth-order valence-electron chi connectivity index (χ4n) is 2.50. The molecule has 1 aromatic rings. The fourth-order valence-corrected chi connectivity index (χ4v) is 3.80. The quantitative estimate of drug-likeness (QED) is 0.816. The average molecular weight is 311 g/mol. The zero-order valence-electron chi connectivity index (χ0n) is 11.9. The maximum absolute atomic E-state index is 12.1. The third-order valence-electron chi connectivity index (χ3n) is 3.88. The summed E-state index contributed by atoms with van der Waals surface area (Å²) < 4.78 is 32.4. The number of sulfonamides is 1. The van der Waals surface area contributed by atoms with Crippen molar-refractivity contribution in [1.82, 2.24) is 4.72 Å². The van der Waals surface area contributed by atoms with Gasteiger partial charge in [0.15, 0.2) is 0 Å². The first kappa shape index (κ1) is 14.8.